The maximum Gasteiger partial charge on any atom is 0.120 e. The van der Waals surface area contributed by atoms with E-state index in [1.54, 1.807) is 0 Å². The quantitative estimate of drug-likeness (QED) is 0.885. The van der Waals surface area contributed by atoms with Crippen LogP contribution in [-0.2, 0) is 6.42 Å². The van der Waals surface area contributed by atoms with Crippen LogP contribution in [-0.4, -0.2) is 11.2 Å². The average molecular weight is 274 g/mol. The Morgan fingerprint density at radius 1 is 1.20 bits per heavy atom. The molecule has 0 spiro atoms. The van der Waals surface area contributed by atoms with Gasteiger partial charge in [0.25, 0.3) is 0 Å². The first-order chi connectivity index (χ1) is 9.76. The fraction of sp³-hybridized carbons (Fsp3) is 0.667. The van der Waals surface area contributed by atoms with Crippen LogP contribution in [0.5, 0.6) is 5.75 Å². The Hall–Kier alpha value is -1.02. The van der Waals surface area contributed by atoms with E-state index in [0.29, 0.717) is 6.10 Å². The van der Waals surface area contributed by atoms with Gasteiger partial charge in [-0.25, -0.2) is 0 Å². The van der Waals surface area contributed by atoms with Crippen LogP contribution in [0.15, 0.2) is 18.2 Å². The lowest BCUT2D eigenvalue weighted by Crippen LogP contribution is -2.25. The fourth-order valence-corrected chi connectivity index (χ4v) is 3.74. The standard InChI is InChI=1S/C18H26O2/c1-2-13-5-3-7-15(11-13)20-16-10-9-14-6-4-8-18(19)17(14)12-16/h9-10,12-13,15,18-19H,2-8,11H2,1H3/t13?,15?,18-/m1/s1. The zero-order chi connectivity index (χ0) is 13.9. The van der Waals surface area contributed by atoms with Gasteiger partial charge in [0, 0.05) is 0 Å². The van der Waals surface area contributed by atoms with Gasteiger partial charge in [-0.3, -0.25) is 0 Å². The van der Waals surface area contributed by atoms with Gasteiger partial charge in [0.15, 0.2) is 0 Å². The molecule has 1 aromatic carbocycles. The number of hydrogen-bond donors (Lipinski definition) is 1. The highest BCUT2D eigenvalue weighted by Gasteiger charge is 2.23. The highest BCUT2D eigenvalue weighted by molar-refractivity contribution is 5.38. The van der Waals surface area contributed by atoms with Crippen LogP contribution in [0.4, 0.5) is 0 Å². The van der Waals surface area contributed by atoms with E-state index in [9.17, 15) is 5.11 Å². The highest BCUT2D eigenvalue weighted by atomic mass is 16.5. The van der Waals surface area contributed by atoms with Crippen molar-refractivity contribution in [2.75, 3.05) is 0 Å². The number of ether oxygens (including phenoxy) is 1. The molecule has 0 heterocycles. The molecule has 2 aliphatic carbocycles. The van der Waals surface area contributed by atoms with Crippen molar-refractivity contribution in [3.05, 3.63) is 29.3 Å². The Balaban J connectivity index is 1.70. The summed E-state index contributed by atoms with van der Waals surface area (Å²) in [4.78, 5) is 0. The average Bonchev–Trinajstić information content (AvgIpc) is 2.48. The van der Waals surface area contributed by atoms with Gasteiger partial charge in [0.2, 0.25) is 0 Å². The number of aliphatic hydroxyl groups excluding tert-OH is 1. The van der Waals surface area contributed by atoms with Gasteiger partial charge in [0.1, 0.15) is 5.75 Å². The first-order valence-electron chi connectivity index (χ1n) is 8.23. The van der Waals surface area contributed by atoms with Gasteiger partial charge < -0.3 is 9.84 Å². The Labute approximate surface area is 122 Å². The minimum atomic E-state index is -0.294. The molecule has 3 rings (SSSR count). The van der Waals surface area contributed by atoms with Crippen LogP contribution >= 0.6 is 0 Å². The van der Waals surface area contributed by atoms with Crippen molar-refractivity contribution in [3.63, 3.8) is 0 Å². The van der Waals surface area contributed by atoms with Crippen LogP contribution < -0.4 is 4.74 Å². The summed E-state index contributed by atoms with van der Waals surface area (Å²) >= 11 is 0. The molecule has 110 valence electrons. The van der Waals surface area contributed by atoms with E-state index in [1.807, 2.05) is 0 Å². The molecule has 1 aromatic rings. The van der Waals surface area contributed by atoms with Crippen LogP contribution in [0.3, 0.4) is 0 Å². The van der Waals surface area contributed by atoms with Gasteiger partial charge in [-0.1, -0.05) is 25.8 Å². The van der Waals surface area contributed by atoms with E-state index in [1.165, 1.54) is 37.7 Å². The summed E-state index contributed by atoms with van der Waals surface area (Å²) in [6.45, 7) is 2.28. The number of hydrogen-bond acceptors (Lipinski definition) is 2. The molecule has 0 radical (unpaired) electrons. The molecule has 0 aliphatic heterocycles. The molecule has 1 saturated carbocycles. The zero-order valence-electron chi connectivity index (χ0n) is 12.5. The molecule has 1 N–H and O–H groups in total. The minimum Gasteiger partial charge on any atom is -0.490 e. The third kappa shape index (κ3) is 3.01. The summed E-state index contributed by atoms with van der Waals surface area (Å²) in [6, 6.07) is 6.31. The molecule has 0 bridgehead atoms. The summed E-state index contributed by atoms with van der Waals surface area (Å²) in [7, 11) is 0. The summed E-state index contributed by atoms with van der Waals surface area (Å²) < 4.78 is 6.19. The SMILES string of the molecule is CCC1CCCC(Oc2ccc3c(c2)[C@H](O)CCC3)C1. The van der Waals surface area contributed by atoms with Crippen molar-refractivity contribution < 1.29 is 9.84 Å². The van der Waals surface area contributed by atoms with Gasteiger partial charge in [-0.2, -0.15) is 0 Å². The second-order valence-corrected chi connectivity index (χ2v) is 6.45. The van der Waals surface area contributed by atoms with E-state index in [0.717, 1.165) is 36.5 Å². The predicted octanol–water partition coefficient (Wildman–Crippen LogP) is 4.40. The van der Waals surface area contributed by atoms with Gasteiger partial charge in [0.05, 0.1) is 12.2 Å². The van der Waals surface area contributed by atoms with E-state index < -0.39 is 0 Å². The predicted molar refractivity (Wildman–Crippen MR) is 81.0 cm³/mol. The summed E-state index contributed by atoms with van der Waals surface area (Å²) in [5.74, 6) is 1.78. The number of benzene rings is 1. The largest absolute Gasteiger partial charge is 0.490 e. The maximum absolute atomic E-state index is 10.1. The third-order valence-electron chi connectivity index (χ3n) is 5.01. The molecular weight excluding hydrogens is 248 g/mol. The Kier molecular flexibility index (Phi) is 4.30. The van der Waals surface area contributed by atoms with E-state index in [2.05, 4.69) is 25.1 Å². The van der Waals surface area contributed by atoms with Crippen LogP contribution in [0.1, 0.15) is 69.1 Å². The van der Waals surface area contributed by atoms with Crippen LogP contribution in [0.2, 0.25) is 0 Å². The second kappa shape index (κ2) is 6.17. The summed E-state index contributed by atoms with van der Waals surface area (Å²) in [5.41, 5.74) is 2.39. The summed E-state index contributed by atoms with van der Waals surface area (Å²) in [5, 5.41) is 10.1. The Morgan fingerprint density at radius 2 is 2.10 bits per heavy atom. The fourth-order valence-electron chi connectivity index (χ4n) is 3.74. The normalized spacial score (nSPS) is 29.8. The van der Waals surface area contributed by atoms with Crippen molar-refractivity contribution in [2.24, 2.45) is 5.92 Å². The Bertz CT molecular complexity index is 455. The number of aliphatic hydroxyl groups is 1. The third-order valence-corrected chi connectivity index (χ3v) is 5.01. The second-order valence-electron chi connectivity index (χ2n) is 6.45. The minimum absolute atomic E-state index is 0.294. The molecule has 2 nitrogen and oxygen atoms in total. The first-order valence-corrected chi connectivity index (χ1v) is 8.23. The van der Waals surface area contributed by atoms with E-state index >= 15 is 0 Å². The van der Waals surface area contributed by atoms with Crippen molar-refractivity contribution in [3.8, 4) is 5.75 Å². The topological polar surface area (TPSA) is 29.5 Å². The van der Waals surface area contributed by atoms with Crippen LogP contribution in [0, 0.1) is 5.92 Å². The highest BCUT2D eigenvalue weighted by Crippen LogP contribution is 2.34. The number of rotatable bonds is 3. The van der Waals surface area contributed by atoms with Crippen LogP contribution in [0.25, 0.3) is 0 Å². The first kappa shape index (κ1) is 13.9. The summed E-state index contributed by atoms with van der Waals surface area (Å²) in [6.07, 6.45) is 9.43. The smallest absolute Gasteiger partial charge is 0.120 e. The molecule has 2 aliphatic rings. The number of fused-ring (bicyclic) bond motifs is 1. The van der Waals surface area contributed by atoms with Crippen molar-refractivity contribution in [1.29, 1.82) is 0 Å². The van der Waals surface area contributed by atoms with Crippen molar-refractivity contribution in [1.82, 2.24) is 0 Å². The maximum atomic E-state index is 10.1. The van der Waals surface area contributed by atoms with Gasteiger partial charge in [-0.05, 0) is 67.7 Å². The molecule has 3 atom stereocenters. The molecular formula is C18H26O2. The Morgan fingerprint density at radius 3 is 2.95 bits per heavy atom. The molecule has 20 heavy (non-hydrogen) atoms. The zero-order valence-corrected chi connectivity index (χ0v) is 12.5. The van der Waals surface area contributed by atoms with Crippen molar-refractivity contribution in [2.45, 2.75) is 70.5 Å². The lowest BCUT2D eigenvalue weighted by molar-refractivity contribution is 0.120. The van der Waals surface area contributed by atoms with E-state index in [-0.39, 0.29) is 6.10 Å². The number of aryl methyl sites for hydroxylation is 1. The lowest BCUT2D eigenvalue weighted by Gasteiger charge is -2.29. The molecule has 0 saturated heterocycles. The lowest BCUT2D eigenvalue weighted by atomic mass is 9.85. The monoisotopic (exact) mass is 274 g/mol. The van der Waals surface area contributed by atoms with Gasteiger partial charge >= 0.3 is 0 Å². The molecule has 1 fully saturated rings. The van der Waals surface area contributed by atoms with Crippen molar-refractivity contribution >= 4 is 0 Å². The van der Waals surface area contributed by atoms with E-state index in [4.69, 9.17) is 4.74 Å². The molecule has 0 aromatic heterocycles. The molecule has 0 amide bonds. The van der Waals surface area contributed by atoms with Gasteiger partial charge in [-0.15, -0.1) is 0 Å². The molecule has 2 unspecified atom stereocenters. The molecule has 2 heteroatoms.